The van der Waals surface area contributed by atoms with E-state index < -0.39 is 0 Å². The van der Waals surface area contributed by atoms with E-state index in [1.807, 2.05) is 0 Å². The predicted molar refractivity (Wildman–Crippen MR) is 96.1 cm³/mol. The molecule has 2 nitrogen and oxygen atoms in total. The van der Waals surface area contributed by atoms with Crippen LogP contribution in [-0.2, 0) is 19.5 Å². The van der Waals surface area contributed by atoms with Gasteiger partial charge in [0.05, 0.1) is 13.1 Å². The molecule has 0 atom stereocenters. The molecule has 0 saturated heterocycles. The minimum atomic E-state index is 1.17. The topological polar surface area (TPSA) is 8.81 Å². The lowest BCUT2D eigenvalue weighted by molar-refractivity contribution is -0.703. The molecule has 2 heteroatoms. The van der Waals surface area contributed by atoms with Gasteiger partial charge in [0, 0.05) is 6.42 Å². The Morgan fingerprint density at radius 2 is 1.41 bits per heavy atom. The van der Waals surface area contributed by atoms with E-state index in [-0.39, 0.29) is 0 Å². The number of hydrogen-bond donors (Lipinski definition) is 0. The highest BCUT2D eigenvalue weighted by molar-refractivity contribution is 4.84. The fraction of sp³-hybridized carbons (Fsp3) is 0.850. The lowest BCUT2D eigenvalue weighted by Crippen LogP contribution is -2.37. The van der Waals surface area contributed by atoms with Gasteiger partial charge in [0.1, 0.15) is 12.4 Å². The fourth-order valence-electron chi connectivity index (χ4n) is 3.21. The molecule has 0 aliphatic carbocycles. The fourth-order valence-corrected chi connectivity index (χ4v) is 3.21. The monoisotopic (exact) mass is 307 g/mol. The van der Waals surface area contributed by atoms with Crippen molar-refractivity contribution in [2.75, 3.05) is 0 Å². The van der Waals surface area contributed by atoms with Crippen molar-refractivity contribution in [3.8, 4) is 0 Å². The summed E-state index contributed by atoms with van der Waals surface area (Å²) in [5.74, 6) is 1.56. The number of rotatable bonds is 14. The van der Waals surface area contributed by atoms with Crippen LogP contribution in [0.25, 0.3) is 0 Å². The average Bonchev–Trinajstić information content (AvgIpc) is 2.89. The summed E-state index contributed by atoms with van der Waals surface area (Å²) < 4.78 is 5.01. The van der Waals surface area contributed by atoms with Gasteiger partial charge in [-0.3, -0.25) is 0 Å². The van der Waals surface area contributed by atoms with Gasteiger partial charge in [-0.2, -0.15) is 0 Å². The van der Waals surface area contributed by atoms with Crippen molar-refractivity contribution in [2.24, 2.45) is 0 Å². The molecule has 22 heavy (non-hydrogen) atoms. The summed E-state index contributed by atoms with van der Waals surface area (Å²) in [4.78, 5) is 0. The zero-order valence-electron chi connectivity index (χ0n) is 15.4. The van der Waals surface area contributed by atoms with Crippen molar-refractivity contribution in [3.05, 3.63) is 18.2 Å². The maximum atomic E-state index is 2.52. The third-order valence-electron chi connectivity index (χ3n) is 4.56. The number of aromatic nitrogens is 2. The Balaban J connectivity index is 2.38. The molecule has 0 aromatic carbocycles. The quantitative estimate of drug-likeness (QED) is 0.309. The van der Waals surface area contributed by atoms with Gasteiger partial charge >= 0.3 is 0 Å². The first-order valence-corrected chi connectivity index (χ1v) is 9.90. The summed E-state index contributed by atoms with van der Waals surface area (Å²) in [6, 6.07) is 0. The highest BCUT2D eigenvalue weighted by atomic mass is 15.1. The molecule has 0 N–H and O–H groups in total. The SMILES string of the molecule is CCCCCCCCCc1n(CCCCC)cc[n+]1CCC. The lowest BCUT2D eigenvalue weighted by Gasteiger charge is -2.05. The third kappa shape index (κ3) is 7.47. The Morgan fingerprint density at radius 3 is 2.09 bits per heavy atom. The summed E-state index contributed by atoms with van der Waals surface area (Å²) in [5.41, 5.74) is 0. The van der Waals surface area contributed by atoms with Gasteiger partial charge in [-0.05, 0) is 25.7 Å². The molecule has 0 spiro atoms. The molecular weight excluding hydrogens is 268 g/mol. The number of hydrogen-bond acceptors (Lipinski definition) is 0. The van der Waals surface area contributed by atoms with E-state index in [0.717, 1.165) is 0 Å². The molecule has 0 unspecified atom stereocenters. The summed E-state index contributed by atoms with van der Waals surface area (Å²) in [5, 5.41) is 0. The molecule has 1 aromatic heterocycles. The van der Waals surface area contributed by atoms with Gasteiger partial charge in [-0.15, -0.1) is 0 Å². The minimum absolute atomic E-state index is 1.17. The maximum absolute atomic E-state index is 2.52. The minimum Gasteiger partial charge on any atom is -0.234 e. The Hall–Kier alpha value is -0.790. The molecule has 0 saturated carbocycles. The molecule has 1 rings (SSSR count). The number of unbranched alkanes of at least 4 members (excludes halogenated alkanes) is 8. The van der Waals surface area contributed by atoms with Crippen molar-refractivity contribution >= 4 is 0 Å². The van der Waals surface area contributed by atoms with E-state index in [2.05, 4.69) is 42.3 Å². The molecule has 128 valence electrons. The molecule has 0 radical (unpaired) electrons. The second kappa shape index (κ2) is 12.7. The van der Waals surface area contributed by atoms with Crippen LogP contribution in [0.5, 0.6) is 0 Å². The Kier molecular flexibility index (Phi) is 11.1. The van der Waals surface area contributed by atoms with E-state index in [1.54, 1.807) is 5.82 Å². The molecule has 0 aliphatic rings. The number of nitrogens with zero attached hydrogens (tertiary/aromatic N) is 2. The highest BCUT2D eigenvalue weighted by Crippen LogP contribution is 2.10. The maximum Gasteiger partial charge on any atom is 0.256 e. The second-order valence-electron chi connectivity index (χ2n) is 6.68. The van der Waals surface area contributed by atoms with Gasteiger partial charge in [-0.1, -0.05) is 65.7 Å². The van der Waals surface area contributed by atoms with Crippen molar-refractivity contribution in [1.82, 2.24) is 4.57 Å². The Bertz CT molecular complexity index is 368. The van der Waals surface area contributed by atoms with Gasteiger partial charge in [0.15, 0.2) is 0 Å². The normalized spacial score (nSPS) is 11.2. The third-order valence-corrected chi connectivity index (χ3v) is 4.56. The Morgan fingerprint density at radius 1 is 0.773 bits per heavy atom. The van der Waals surface area contributed by atoms with Gasteiger partial charge in [-0.25, -0.2) is 9.13 Å². The van der Waals surface area contributed by atoms with Crippen LogP contribution in [0.3, 0.4) is 0 Å². The van der Waals surface area contributed by atoms with Gasteiger partial charge in [0.2, 0.25) is 0 Å². The smallest absolute Gasteiger partial charge is 0.234 e. The summed E-state index contributed by atoms with van der Waals surface area (Å²) in [6.45, 7) is 9.23. The van der Waals surface area contributed by atoms with E-state index in [1.165, 1.54) is 90.1 Å². The predicted octanol–water partition coefficient (Wildman–Crippen LogP) is 5.67. The van der Waals surface area contributed by atoms with Crippen LogP contribution >= 0.6 is 0 Å². The Labute approximate surface area is 138 Å². The summed E-state index contributed by atoms with van der Waals surface area (Å²) in [6.07, 6.45) is 20.9. The van der Waals surface area contributed by atoms with Gasteiger partial charge in [0.25, 0.3) is 5.82 Å². The molecule has 0 fully saturated rings. The van der Waals surface area contributed by atoms with Crippen molar-refractivity contribution < 1.29 is 4.57 Å². The molecule has 0 aliphatic heterocycles. The largest absolute Gasteiger partial charge is 0.256 e. The molecule has 0 bridgehead atoms. The molecular formula is C20H39N2+. The van der Waals surface area contributed by atoms with E-state index in [4.69, 9.17) is 0 Å². The standard InChI is InChI=1S/C20H39N2/c1-4-7-9-10-11-12-13-15-20-21(16-6-3)18-19-22(20)17-14-8-5-2/h18-19H,4-17H2,1-3H3/q+1. The van der Waals surface area contributed by atoms with Crippen LogP contribution in [0.15, 0.2) is 12.4 Å². The first-order valence-electron chi connectivity index (χ1n) is 9.90. The van der Waals surface area contributed by atoms with Crippen molar-refractivity contribution in [2.45, 2.75) is 111 Å². The zero-order chi connectivity index (χ0) is 16.0. The first-order chi connectivity index (χ1) is 10.8. The van der Waals surface area contributed by atoms with Crippen LogP contribution in [0.2, 0.25) is 0 Å². The van der Waals surface area contributed by atoms with Crippen LogP contribution in [0.1, 0.15) is 97.2 Å². The second-order valence-corrected chi connectivity index (χ2v) is 6.68. The number of imidazole rings is 1. The summed E-state index contributed by atoms with van der Waals surface area (Å²) in [7, 11) is 0. The van der Waals surface area contributed by atoms with Crippen LogP contribution in [0.4, 0.5) is 0 Å². The average molecular weight is 308 g/mol. The van der Waals surface area contributed by atoms with Crippen molar-refractivity contribution in [3.63, 3.8) is 0 Å². The van der Waals surface area contributed by atoms with E-state index in [0.29, 0.717) is 0 Å². The molecule has 0 amide bonds. The molecule has 1 heterocycles. The number of aryl methyl sites for hydroxylation is 2. The lowest BCUT2D eigenvalue weighted by atomic mass is 10.1. The highest BCUT2D eigenvalue weighted by Gasteiger charge is 2.15. The van der Waals surface area contributed by atoms with E-state index in [9.17, 15) is 0 Å². The van der Waals surface area contributed by atoms with Gasteiger partial charge < -0.3 is 0 Å². The van der Waals surface area contributed by atoms with Crippen LogP contribution in [0, 0.1) is 0 Å². The van der Waals surface area contributed by atoms with Crippen LogP contribution < -0.4 is 4.57 Å². The molecule has 1 aromatic rings. The van der Waals surface area contributed by atoms with E-state index >= 15 is 0 Å². The summed E-state index contributed by atoms with van der Waals surface area (Å²) >= 11 is 0. The first kappa shape index (κ1) is 19.3. The van der Waals surface area contributed by atoms with Crippen LogP contribution in [-0.4, -0.2) is 4.57 Å². The van der Waals surface area contributed by atoms with Crippen molar-refractivity contribution in [1.29, 1.82) is 0 Å². The zero-order valence-corrected chi connectivity index (χ0v) is 15.4.